The summed E-state index contributed by atoms with van der Waals surface area (Å²) in [4.78, 5) is 11.5. The Morgan fingerprint density at radius 3 is 2.41 bits per heavy atom. The lowest BCUT2D eigenvalue weighted by atomic mass is 9.85. The molecule has 3 unspecified atom stereocenters. The van der Waals surface area contributed by atoms with Crippen LogP contribution in [0, 0.1) is 5.92 Å². The molecule has 0 spiro atoms. The van der Waals surface area contributed by atoms with E-state index in [0.717, 1.165) is 32.1 Å². The molecule has 3 nitrogen and oxygen atoms in total. The minimum absolute atomic E-state index is 0.0767. The maximum Gasteiger partial charge on any atom is 0.195 e. The first-order valence-electron chi connectivity index (χ1n) is 11.1. The van der Waals surface area contributed by atoms with E-state index >= 15 is 0 Å². The maximum atomic E-state index is 11.5. The van der Waals surface area contributed by atoms with Gasteiger partial charge in [-0.05, 0) is 55.0 Å². The van der Waals surface area contributed by atoms with Crippen LogP contribution < -0.4 is 0 Å². The first-order valence-corrected chi connectivity index (χ1v) is 14.0. The number of allylic oxidation sites excluding steroid dienone is 2. The molecule has 3 atom stereocenters. The molecule has 0 aromatic heterocycles. The minimum Gasteiger partial charge on any atom is -0.389 e. The Morgan fingerprint density at radius 1 is 1.17 bits per heavy atom. The molecule has 4 heteroatoms. The lowest BCUT2D eigenvalue weighted by Gasteiger charge is -2.41. The van der Waals surface area contributed by atoms with E-state index in [1.165, 1.54) is 5.56 Å². The van der Waals surface area contributed by atoms with Gasteiger partial charge in [-0.1, -0.05) is 63.6 Å². The number of benzene rings is 1. The van der Waals surface area contributed by atoms with Crippen LogP contribution in [0.5, 0.6) is 0 Å². The highest BCUT2D eigenvalue weighted by Crippen LogP contribution is 2.65. The van der Waals surface area contributed by atoms with E-state index in [1.807, 2.05) is 7.11 Å². The van der Waals surface area contributed by atoms with Crippen molar-refractivity contribution in [2.45, 2.75) is 88.6 Å². The van der Waals surface area contributed by atoms with Gasteiger partial charge in [-0.2, -0.15) is 0 Å². The number of ether oxygens (including phenoxy) is 1. The molecule has 29 heavy (non-hydrogen) atoms. The van der Waals surface area contributed by atoms with Crippen LogP contribution in [0.15, 0.2) is 42.5 Å². The largest absolute Gasteiger partial charge is 0.389 e. The molecule has 3 rings (SSSR count). The molecule has 0 amide bonds. The van der Waals surface area contributed by atoms with Crippen LogP contribution in [0.1, 0.15) is 64.9 Å². The zero-order chi connectivity index (χ0) is 21.3. The van der Waals surface area contributed by atoms with Crippen LogP contribution >= 0.6 is 0 Å². The molecule has 0 radical (unpaired) electrons. The van der Waals surface area contributed by atoms with Gasteiger partial charge in [0.25, 0.3) is 0 Å². The van der Waals surface area contributed by atoms with E-state index in [9.17, 15) is 4.79 Å². The average Bonchev–Trinajstić information content (AvgIpc) is 3.31. The Hall–Kier alpha value is -1.23. The third-order valence-corrected chi connectivity index (χ3v) is 12.0. The van der Waals surface area contributed by atoms with Crippen molar-refractivity contribution in [1.29, 1.82) is 0 Å². The van der Waals surface area contributed by atoms with Crippen LogP contribution in [0.3, 0.4) is 0 Å². The van der Waals surface area contributed by atoms with Crippen molar-refractivity contribution in [2.24, 2.45) is 5.92 Å². The van der Waals surface area contributed by atoms with Gasteiger partial charge >= 0.3 is 0 Å². The highest BCUT2D eigenvalue weighted by atomic mass is 28.4. The number of ketones is 1. The molecule has 1 aromatic rings. The standard InChI is InChI=1S/C25H38O3Si/c1-23(2,3)29(5,6)28-25(27-4)19-24(25,21-12-8-7-9-13-21)18-10-11-20-14-16-22(26)17-15-20/h7-9,12-14,16,20H,10-11,15,17-19H2,1-6H3. The van der Waals surface area contributed by atoms with Crippen LogP contribution in [0.2, 0.25) is 18.1 Å². The van der Waals surface area contributed by atoms with Crippen molar-refractivity contribution in [1.82, 2.24) is 0 Å². The summed E-state index contributed by atoms with van der Waals surface area (Å²) in [6.45, 7) is 11.5. The van der Waals surface area contributed by atoms with E-state index in [4.69, 9.17) is 9.16 Å². The van der Waals surface area contributed by atoms with Gasteiger partial charge in [0.1, 0.15) is 0 Å². The molecular formula is C25H38O3Si. The molecule has 1 fully saturated rings. The number of hydrogen-bond acceptors (Lipinski definition) is 3. The Bertz CT molecular complexity index is 749. The van der Waals surface area contributed by atoms with Gasteiger partial charge in [0.05, 0.1) is 5.41 Å². The van der Waals surface area contributed by atoms with Gasteiger partial charge in [-0.3, -0.25) is 4.79 Å². The number of methoxy groups -OCH3 is 1. The van der Waals surface area contributed by atoms with E-state index < -0.39 is 14.1 Å². The van der Waals surface area contributed by atoms with Gasteiger partial charge < -0.3 is 9.16 Å². The summed E-state index contributed by atoms with van der Waals surface area (Å²) in [5.41, 5.74) is 1.25. The SMILES string of the molecule is COC1(O[Si](C)(C)C(C)(C)C)CC1(CCCC1C=CC(=O)CC1)c1ccccc1. The second-order valence-corrected chi connectivity index (χ2v) is 15.2. The molecule has 1 aromatic carbocycles. The zero-order valence-electron chi connectivity index (χ0n) is 19.1. The topological polar surface area (TPSA) is 35.5 Å². The van der Waals surface area contributed by atoms with Crippen LogP contribution in [-0.4, -0.2) is 27.0 Å². The van der Waals surface area contributed by atoms with Gasteiger partial charge in [0.15, 0.2) is 19.9 Å². The van der Waals surface area contributed by atoms with Crippen LogP contribution in [0.25, 0.3) is 0 Å². The number of hydrogen-bond donors (Lipinski definition) is 0. The Morgan fingerprint density at radius 2 is 1.86 bits per heavy atom. The molecule has 0 bridgehead atoms. The van der Waals surface area contributed by atoms with Crippen molar-refractivity contribution in [3.8, 4) is 0 Å². The van der Waals surface area contributed by atoms with Crippen molar-refractivity contribution >= 4 is 14.1 Å². The molecule has 1 saturated carbocycles. The number of rotatable bonds is 8. The van der Waals surface area contributed by atoms with Crippen molar-refractivity contribution in [3.05, 3.63) is 48.0 Å². The second-order valence-electron chi connectivity index (χ2n) is 10.5. The van der Waals surface area contributed by atoms with E-state index in [-0.39, 0.29) is 16.2 Å². The monoisotopic (exact) mass is 414 g/mol. The Balaban J connectivity index is 1.79. The molecular weight excluding hydrogens is 376 g/mol. The third kappa shape index (κ3) is 4.45. The first-order chi connectivity index (χ1) is 13.6. The molecule has 160 valence electrons. The molecule has 0 N–H and O–H groups in total. The van der Waals surface area contributed by atoms with Crippen LogP contribution in [-0.2, 0) is 19.4 Å². The molecule has 0 aliphatic heterocycles. The van der Waals surface area contributed by atoms with Crippen molar-refractivity contribution < 1.29 is 14.0 Å². The molecule has 0 heterocycles. The summed E-state index contributed by atoms with van der Waals surface area (Å²) in [5.74, 6) is 0.276. The smallest absolute Gasteiger partial charge is 0.195 e. The summed E-state index contributed by atoms with van der Waals surface area (Å²) >= 11 is 0. The maximum absolute atomic E-state index is 11.5. The summed E-state index contributed by atoms with van der Waals surface area (Å²) in [7, 11) is -0.160. The predicted molar refractivity (Wildman–Crippen MR) is 121 cm³/mol. The quantitative estimate of drug-likeness (QED) is 0.365. The summed E-state index contributed by atoms with van der Waals surface area (Å²) < 4.78 is 13.1. The van der Waals surface area contributed by atoms with Crippen LogP contribution in [0.4, 0.5) is 0 Å². The molecule has 2 aliphatic carbocycles. The summed E-state index contributed by atoms with van der Waals surface area (Å²) in [6, 6.07) is 10.8. The van der Waals surface area contributed by atoms with E-state index in [1.54, 1.807) is 6.08 Å². The fourth-order valence-electron chi connectivity index (χ4n) is 4.52. The third-order valence-electron chi connectivity index (χ3n) is 7.52. The number of carbonyl (C=O) groups is 1. The lowest BCUT2D eigenvalue weighted by Crippen LogP contribution is -2.47. The second kappa shape index (κ2) is 8.13. The summed E-state index contributed by atoms with van der Waals surface area (Å²) in [5, 5.41) is 0.142. The highest BCUT2D eigenvalue weighted by Gasteiger charge is 2.72. The van der Waals surface area contributed by atoms with Gasteiger partial charge in [0.2, 0.25) is 0 Å². The van der Waals surface area contributed by atoms with Crippen molar-refractivity contribution in [2.75, 3.05) is 7.11 Å². The summed E-state index contributed by atoms with van der Waals surface area (Å²) in [6.07, 6.45) is 9.79. The fraction of sp³-hybridized carbons (Fsp3) is 0.640. The van der Waals surface area contributed by atoms with Gasteiger partial charge in [0, 0.05) is 20.0 Å². The van der Waals surface area contributed by atoms with Gasteiger partial charge in [-0.25, -0.2) is 0 Å². The normalized spacial score (nSPS) is 29.9. The highest BCUT2D eigenvalue weighted by molar-refractivity contribution is 6.74. The van der Waals surface area contributed by atoms with Crippen molar-refractivity contribution in [3.63, 3.8) is 0 Å². The minimum atomic E-state index is -1.97. The predicted octanol–water partition coefficient (Wildman–Crippen LogP) is 6.40. The lowest BCUT2D eigenvalue weighted by molar-refractivity contribution is -0.115. The Kier molecular flexibility index (Phi) is 6.29. The fourth-order valence-corrected chi connectivity index (χ4v) is 6.00. The first kappa shape index (κ1) is 22.5. The Labute approximate surface area is 178 Å². The zero-order valence-corrected chi connectivity index (χ0v) is 20.1. The number of carbonyl (C=O) groups excluding carboxylic acids is 1. The molecule has 0 saturated heterocycles. The molecule has 2 aliphatic rings. The van der Waals surface area contributed by atoms with E-state index in [0.29, 0.717) is 12.3 Å². The van der Waals surface area contributed by atoms with E-state index in [2.05, 4.69) is 70.3 Å². The van der Waals surface area contributed by atoms with Gasteiger partial charge in [-0.15, -0.1) is 0 Å². The average molecular weight is 415 g/mol.